The molecule has 0 unspecified atom stereocenters. The number of hydrogen-bond donors (Lipinski definition) is 1. The van der Waals surface area contributed by atoms with Crippen LogP contribution in [0.5, 0.6) is 0 Å². The van der Waals surface area contributed by atoms with Gasteiger partial charge in [0.15, 0.2) is 5.11 Å². The highest BCUT2D eigenvalue weighted by atomic mass is 32.1. The molecule has 0 radical (unpaired) electrons. The molecule has 4 rings (SSSR count). The maximum Gasteiger partial charge on any atom is 0.173 e. The van der Waals surface area contributed by atoms with Gasteiger partial charge in [-0.25, -0.2) is 0 Å². The molecule has 0 atom stereocenters. The summed E-state index contributed by atoms with van der Waals surface area (Å²) in [4.78, 5) is 4.76. The van der Waals surface area contributed by atoms with Gasteiger partial charge < -0.3 is 10.2 Å². The van der Waals surface area contributed by atoms with Crippen molar-refractivity contribution >= 4 is 23.0 Å². The van der Waals surface area contributed by atoms with Crippen LogP contribution < -0.4 is 5.32 Å². The third-order valence-corrected chi connectivity index (χ3v) is 6.34. The number of anilines is 1. The first-order valence-corrected chi connectivity index (χ1v) is 11.3. The Morgan fingerprint density at radius 3 is 2.19 bits per heavy atom. The van der Waals surface area contributed by atoms with Gasteiger partial charge in [0.05, 0.1) is 23.6 Å². The summed E-state index contributed by atoms with van der Waals surface area (Å²) in [7, 11) is 0. The molecule has 2 heterocycles. The van der Waals surface area contributed by atoms with Crippen molar-refractivity contribution in [2.24, 2.45) is 0 Å². The Balaban J connectivity index is 1.34. The smallest absolute Gasteiger partial charge is 0.173 e. The number of aromatic nitrogens is 2. The van der Waals surface area contributed by atoms with Crippen molar-refractivity contribution in [2.45, 2.75) is 33.9 Å². The number of hydrogen-bond acceptors (Lipinski definition) is 3. The summed E-state index contributed by atoms with van der Waals surface area (Å²) in [5.74, 6) is 0. The molecule has 0 spiro atoms. The quantitative estimate of drug-likeness (QED) is 0.605. The van der Waals surface area contributed by atoms with Crippen LogP contribution in [-0.2, 0) is 13.1 Å². The fraction of sp³-hybridized carbons (Fsp3) is 0.360. The van der Waals surface area contributed by atoms with Crippen LogP contribution in [0.3, 0.4) is 0 Å². The van der Waals surface area contributed by atoms with E-state index in [-0.39, 0.29) is 0 Å². The average Bonchev–Trinajstić information content (AvgIpc) is 3.04. The van der Waals surface area contributed by atoms with Crippen LogP contribution in [0.25, 0.3) is 0 Å². The molecule has 31 heavy (non-hydrogen) atoms. The number of aryl methyl sites for hydroxylation is 2. The monoisotopic (exact) mass is 433 g/mol. The van der Waals surface area contributed by atoms with Crippen LogP contribution in [-0.4, -0.2) is 50.9 Å². The van der Waals surface area contributed by atoms with E-state index in [4.69, 9.17) is 17.3 Å². The molecule has 1 fully saturated rings. The number of rotatable bonds is 5. The fourth-order valence-electron chi connectivity index (χ4n) is 4.03. The van der Waals surface area contributed by atoms with Crippen molar-refractivity contribution in [1.29, 1.82) is 0 Å². The number of nitrogens with zero attached hydrogens (tertiary/aromatic N) is 4. The highest BCUT2D eigenvalue weighted by molar-refractivity contribution is 7.80. The van der Waals surface area contributed by atoms with E-state index in [1.165, 1.54) is 16.7 Å². The standard InChI is InChI=1S/C25H31N5S/c1-19-9-11-23(12-10-19)18-30-21(3)24(20(2)27-30)26-25(31)29-15-13-28(14-16-29)17-22-7-5-4-6-8-22/h4-12H,13-18H2,1-3H3,(H,26,31). The highest BCUT2D eigenvalue weighted by Gasteiger charge is 2.21. The molecule has 1 aliphatic rings. The maximum absolute atomic E-state index is 5.76. The molecule has 1 saturated heterocycles. The largest absolute Gasteiger partial charge is 0.346 e. The lowest BCUT2D eigenvalue weighted by atomic mass is 10.1. The Bertz CT molecular complexity index is 1020. The second-order valence-corrected chi connectivity index (χ2v) is 8.75. The molecule has 0 amide bonds. The number of thiocarbonyl (C=S) groups is 1. The van der Waals surface area contributed by atoms with Gasteiger partial charge in [-0.1, -0.05) is 60.2 Å². The van der Waals surface area contributed by atoms with Crippen molar-refractivity contribution in [3.8, 4) is 0 Å². The summed E-state index contributed by atoms with van der Waals surface area (Å²) in [6.45, 7) is 11.9. The van der Waals surface area contributed by atoms with Crippen LogP contribution >= 0.6 is 12.2 Å². The molecule has 2 aromatic carbocycles. The minimum atomic E-state index is 0.763. The first-order valence-electron chi connectivity index (χ1n) is 10.9. The maximum atomic E-state index is 5.76. The van der Waals surface area contributed by atoms with E-state index in [0.29, 0.717) is 0 Å². The van der Waals surface area contributed by atoms with Crippen LogP contribution in [0, 0.1) is 20.8 Å². The molecule has 0 aliphatic carbocycles. The van der Waals surface area contributed by atoms with E-state index >= 15 is 0 Å². The molecule has 5 nitrogen and oxygen atoms in total. The Morgan fingerprint density at radius 1 is 0.871 bits per heavy atom. The summed E-state index contributed by atoms with van der Waals surface area (Å²) in [5, 5.41) is 9.03. The average molecular weight is 434 g/mol. The van der Waals surface area contributed by atoms with E-state index in [9.17, 15) is 0 Å². The fourth-order valence-corrected chi connectivity index (χ4v) is 4.32. The molecule has 1 aromatic heterocycles. The van der Waals surface area contributed by atoms with Crippen LogP contribution in [0.2, 0.25) is 0 Å². The zero-order valence-electron chi connectivity index (χ0n) is 18.6. The summed E-state index contributed by atoms with van der Waals surface area (Å²) in [6.07, 6.45) is 0. The molecule has 0 bridgehead atoms. The number of nitrogens with one attached hydrogen (secondary N) is 1. The Kier molecular flexibility index (Phi) is 6.68. The Morgan fingerprint density at radius 2 is 1.52 bits per heavy atom. The molecule has 1 aliphatic heterocycles. The predicted octanol–water partition coefficient (Wildman–Crippen LogP) is 4.37. The van der Waals surface area contributed by atoms with Crippen molar-refractivity contribution in [2.75, 3.05) is 31.5 Å². The summed E-state index contributed by atoms with van der Waals surface area (Å²) in [5.41, 5.74) is 7.01. The SMILES string of the molecule is Cc1ccc(Cn2nc(C)c(NC(=S)N3CCN(Cc4ccccc4)CC3)c2C)cc1. The normalized spacial score (nSPS) is 14.6. The Hall–Kier alpha value is -2.70. The van der Waals surface area contributed by atoms with E-state index < -0.39 is 0 Å². The first-order chi connectivity index (χ1) is 15.0. The minimum absolute atomic E-state index is 0.763. The highest BCUT2D eigenvalue weighted by Crippen LogP contribution is 2.21. The van der Waals surface area contributed by atoms with E-state index in [0.717, 1.165) is 61.5 Å². The second kappa shape index (κ2) is 9.62. The number of benzene rings is 2. The van der Waals surface area contributed by atoms with Crippen LogP contribution in [0.1, 0.15) is 28.1 Å². The zero-order chi connectivity index (χ0) is 21.8. The van der Waals surface area contributed by atoms with Gasteiger partial charge in [0.25, 0.3) is 0 Å². The third-order valence-electron chi connectivity index (χ3n) is 5.97. The zero-order valence-corrected chi connectivity index (χ0v) is 19.5. The van der Waals surface area contributed by atoms with Gasteiger partial charge in [-0.3, -0.25) is 9.58 Å². The topological polar surface area (TPSA) is 36.3 Å². The van der Waals surface area contributed by atoms with Gasteiger partial charge in [0, 0.05) is 32.7 Å². The van der Waals surface area contributed by atoms with Crippen molar-refractivity contribution in [3.63, 3.8) is 0 Å². The molecule has 0 saturated carbocycles. The minimum Gasteiger partial charge on any atom is -0.346 e. The van der Waals surface area contributed by atoms with Gasteiger partial charge in [-0.2, -0.15) is 5.10 Å². The van der Waals surface area contributed by atoms with Gasteiger partial charge in [0.2, 0.25) is 0 Å². The molecular weight excluding hydrogens is 402 g/mol. The van der Waals surface area contributed by atoms with Gasteiger partial charge in [-0.05, 0) is 44.1 Å². The molecule has 6 heteroatoms. The van der Waals surface area contributed by atoms with Gasteiger partial charge in [-0.15, -0.1) is 0 Å². The molecule has 3 aromatic rings. The molecule has 1 N–H and O–H groups in total. The molecular formula is C25H31N5S. The van der Waals surface area contributed by atoms with Crippen molar-refractivity contribution < 1.29 is 0 Å². The summed E-state index contributed by atoms with van der Waals surface area (Å²) < 4.78 is 2.06. The summed E-state index contributed by atoms with van der Waals surface area (Å²) in [6, 6.07) is 19.3. The van der Waals surface area contributed by atoms with E-state index in [2.05, 4.69) is 88.2 Å². The lowest BCUT2D eigenvalue weighted by molar-refractivity contribution is 0.177. The molecule has 162 valence electrons. The lowest BCUT2D eigenvalue weighted by Crippen LogP contribution is -2.49. The van der Waals surface area contributed by atoms with Gasteiger partial charge >= 0.3 is 0 Å². The van der Waals surface area contributed by atoms with Crippen LogP contribution in [0.15, 0.2) is 54.6 Å². The van der Waals surface area contributed by atoms with E-state index in [1.807, 2.05) is 6.92 Å². The Labute approximate surface area is 190 Å². The summed E-state index contributed by atoms with van der Waals surface area (Å²) >= 11 is 5.76. The predicted molar refractivity (Wildman–Crippen MR) is 131 cm³/mol. The van der Waals surface area contributed by atoms with Crippen molar-refractivity contribution in [3.05, 3.63) is 82.7 Å². The first kappa shape index (κ1) is 21.5. The number of piperazine rings is 1. The lowest BCUT2D eigenvalue weighted by Gasteiger charge is -2.36. The van der Waals surface area contributed by atoms with Crippen molar-refractivity contribution in [1.82, 2.24) is 19.6 Å². The third kappa shape index (κ3) is 5.32. The van der Waals surface area contributed by atoms with Gasteiger partial charge in [0.1, 0.15) is 0 Å². The van der Waals surface area contributed by atoms with E-state index in [1.54, 1.807) is 0 Å². The second-order valence-electron chi connectivity index (χ2n) is 8.37. The van der Waals surface area contributed by atoms with Crippen LogP contribution in [0.4, 0.5) is 5.69 Å².